The van der Waals surface area contributed by atoms with Crippen LogP contribution in [0.3, 0.4) is 0 Å². The largest absolute Gasteiger partial charge is 0.493 e. The van der Waals surface area contributed by atoms with Gasteiger partial charge in [-0.2, -0.15) is 0 Å². The first-order valence-corrected chi connectivity index (χ1v) is 8.88. The Morgan fingerprint density at radius 1 is 0.643 bits per heavy atom. The molecule has 0 fully saturated rings. The normalized spacial score (nSPS) is 10.7. The van der Waals surface area contributed by atoms with Crippen molar-refractivity contribution in [2.45, 2.75) is 0 Å². The Labute approximate surface area is 163 Å². The van der Waals surface area contributed by atoms with Gasteiger partial charge in [0.2, 0.25) is 5.75 Å². The van der Waals surface area contributed by atoms with E-state index < -0.39 is 0 Å². The molecule has 0 aliphatic rings. The van der Waals surface area contributed by atoms with E-state index in [1.165, 1.54) is 0 Å². The fourth-order valence-electron chi connectivity index (χ4n) is 3.28. The molecule has 0 radical (unpaired) electrons. The molecule has 0 aliphatic heterocycles. The van der Waals surface area contributed by atoms with Crippen LogP contribution in [0.15, 0.2) is 66.7 Å². The van der Waals surface area contributed by atoms with Gasteiger partial charge in [0, 0.05) is 17.2 Å². The molecule has 0 amide bonds. The minimum Gasteiger partial charge on any atom is -0.493 e. The molecule has 3 aromatic carbocycles. The molecule has 5 heteroatoms. The van der Waals surface area contributed by atoms with E-state index in [2.05, 4.69) is 0 Å². The van der Waals surface area contributed by atoms with Crippen molar-refractivity contribution < 1.29 is 14.2 Å². The summed E-state index contributed by atoms with van der Waals surface area (Å²) in [6.07, 6.45) is 0. The van der Waals surface area contributed by atoms with Gasteiger partial charge in [-0.05, 0) is 0 Å². The lowest BCUT2D eigenvalue weighted by Crippen LogP contribution is -2.01. The molecule has 4 rings (SSSR count). The number of hydrogen-bond acceptors (Lipinski definition) is 5. The predicted molar refractivity (Wildman–Crippen MR) is 110 cm³/mol. The summed E-state index contributed by atoms with van der Waals surface area (Å²) in [4.78, 5) is 9.69. The Bertz CT molecular complexity index is 1110. The van der Waals surface area contributed by atoms with Crippen molar-refractivity contribution in [3.05, 3.63) is 66.7 Å². The Kier molecular flexibility index (Phi) is 4.81. The number of rotatable bonds is 5. The molecule has 28 heavy (non-hydrogen) atoms. The highest BCUT2D eigenvalue weighted by molar-refractivity contribution is 6.01. The third-order valence-corrected chi connectivity index (χ3v) is 4.57. The molecule has 0 bridgehead atoms. The Morgan fingerprint density at radius 3 is 1.82 bits per heavy atom. The van der Waals surface area contributed by atoms with E-state index in [1.54, 1.807) is 21.3 Å². The van der Waals surface area contributed by atoms with Gasteiger partial charge in [-0.15, -0.1) is 0 Å². The monoisotopic (exact) mass is 372 g/mol. The van der Waals surface area contributed by atoms with Gasteiger partial charge in [-0.25, -0.2) is 9.97 Å². The van der Waals surface area contributed by atoms with E-state index in [-0.39, 0.29) is 0 Å². The maximum Gasteiger partial charge on any atom is 0.204 e. The standard InChI is InChI=1S/C23H20N2O3/c1-26-18-14-17-19(22(28-3)21(18)27-2)20(15-10-6-4-7-11-15)25-23(24-17)16-12-8-5-9-13-16/h4-14H,1-3H3. The summed E-state index contributed by atoms with van der Waals surface area (Å²) in [5.41, 5.74) is 3.41. The summed E-state index contributed by atoms with van der Waals surface area (Å²) in [5.74, 6) is 2.27. The van der Waals surface area contributed by atoms with Gasteiger partial charge >= 0.3 is 0 Å². The molecule has 140 valence electrons. The molecular weight excluding hydrogens is 352 g/mol. The summed E-state index contributed by atoms with van der Waals surface area (Å²) < 4.78 is 16.8. The summed E-state index contributed by atoms with van der Waals surface area (Å²) in [7, 11) is 4.80. The van der Waals surface area contributed by atoms with Gasteiger partial charge in [0.1, 0.15) is 0 Å². The predicted octanol–water partition coefficient (Wildman–Crippen LogP) is 4.99. The lowest BCUT2D eigenvalue weighted by Gasteiger charge is -2.17. The maximum absolute atomic E-state index is 5.71. The van der Waals surface area contributed by atoms with E-state index in [1.807, 2.05) is 66.7 Å². The molecule has 0 N–H and O–H groups in total. The third kappa shape index (κ3) is 3.01. The molecule has 0 spiro atoms. The summed E-state index contributed by atoms with van der Waals surface area (Å²) in [6, 6.07) is 21.8. The van der Waals surface area contributed by atoms with Crippen molar-refractivity contribution in [1.82, 2.24) is 9.97 Å². The molecule has 5 nitrogen and oxygen atoms in total. The van der Waals surface area contributed by atoms with Crippen LogP contribution in [0, 0.1) is 0 Å². The van der Waals surface area contributed by atoms with Crippen LogP contribution >= 0.6 is 0 Å². The first-order chi connectivity index (χ1) is 13.8. The first-order valence-electron chi connectivity index (χ1n) is 8.88. The van der Waals surface area contributed by atoms with Gasteiger partial charge in [0.15, 0.2) is 17.3 Å². The van der Waals surface area contributed by atoms with Crippen LogP contribution in [0.2, 0.25) is 0 Å². The Morgan fingerprint density at radius 2 is 1.25 bits per heavy atom. The zero-order chi connectivity index (χ0) is 19.5. The Hall–Kier alpha value is -3.60. The SMILES string of the molecule is COc1cc2nc(-c3ccccc3)nc(-c3ccccc3)c2c(OC)c1OC. The molecule has 0 saturated heterocycles. The summed E-state index contributed by atoms with van der Waals surface area (Å²) in [5, 5.41) is 0.783. The third-order valence-electron chi connectivity index (χ3n) is 4.57. The van der Waals surface area contributed by atoms with Crippen LogP contribution in [-0.4, -0.2) is 31.3 Å². The van der Waals surface area contributed by atoms with Crippen molar-refractivity contribution >= 4 is 10.9 Å². The second-order valence-electron chi connectivity index (χ2n) is 6.17. The Balaban J connectivity index is 2.13. The minimum absolute atomic E-state index is 0.519. The lowest BCUT2D eigenvalue weighted by atomic mass is 10.0. The lowest BCUT2D eigenvalue weighted by molar-refractivity contribution is 0.327. The number of ether oxygens (including phenoxy) is 3. The van der Waals surface area contributed by atoms with Crippen molar-refractivity contribution in [3.8, 4) is 39.9 Å². The van der Waals surface area contributed by atoms with Crippen molar-refractivity contribution in [1.29, 1.82) is 0 Å². The molecular formula is C23H20N2O3. The van der Waals surface area contributed by atoms with Gasteiger partial charge in [-0.1, -0.05) is 60.7 Å². The first kappa shape index (κ1) is 17.8. The van der Waals surface area contributed by atoms with Gasteiger partial charge in [-0.3, -0.25) is 0 Å². The van der Waals surface area contributed by atoms with Crippen LogP contribution < -0.4 is 14.2 Å². The van der Waals surface area contributed by atoms with Crippen LogP contribution in [0.5, 0.6) is 17.2 Å². The summed E-state index contributed by atoms with van der Waals surface area (Å²) in [6.45, 7) is 0. The minimum atomic E-state index is 0.519. The molecule has 0 unspecified atom stereocenters. The average molecular weight is 372 g/mol. The highest BCUT2D eigenvalue weighted by atomic mass is 16.5. The van der Waals surface area contributed by atoms with Crippen molar-refractivity contribution in [2.75, 3.05) is 21.3 Å². The van der Waals surface area contributed by atoms with Crippen molar-refractivity contribution in [3.63, 3.8) is 0 Å². The smallest absolute Gasteiger partial charge is 0.204 e. The van der Waals surface area contributed by atoms with Crippen molar-refractivity contribution in [2.24, 2.45) is 0 Å². The number of nitrogens with zero attached hydrogens (tertiary/aromatic N) is 2. The van der Waals surface area contributed by atoms with Crippen LogP contribution in [-0.2, 0) is 0 Å². The highest BCUT2D eigenvalue weighted by Crippen LogP contribution is 2.46. The molecule has 0 atom stereocenters. The van der Waals surface area contributed by atoms with Crippen LogP contribution in [0.4, 0.5) is 0 Å². The second-order valence-corrected chi connectivity index (χ2v) is 6.17. The van der Waals surface area contributed by atoms with Crippen LogP contribution in [0.25, 0.3) is 33.5 Å². The second kappa shape index (κ2) is 7.56. The molecule has 4 aromatic rings. The van der Waals surface area contributed by atoms with E-state index >= 15 is 0 Å². The number of fused-ring (bicyclic) bond motifs is 1. The van der Waals surface area contributed by atoms with E-state index in [9.17, 15) is 0 Å². The van der Waals surface area contributed by atoms with E-state index in [0.29, 0.717) is 23.1 Å². The average Bonchev–Trinajstić information content (AvgIpc) is 2.78. The number of methoxy groups -OCH3 is 3. The van der Waals surface area contributed by atoms with E-state index in [0.717, 1.165) is 27.7 Å². The fourth-order valence-corrected chi connectivity index (χ4v) is 3.28. The molecule has 1 aromatic heterocycles. The number of hydrogen-bond donors (Lipinski definition) is 0. The zero-order valence-electron chi connectivity index (χ0n) is 16.0. The number of benzene rings is 3. The van der Waals surface area contributed by atoms with Gasteiger partial charge < -0.3 is 14.2 Å². The molecule has 0 saturated carbocycles. The molecule has 0 aliphatic carbocycles. The fraction of sp³-hybridized carbons (Fsp3) is 0.130. The van der Waals surface area contributed by atoms with Crippen LogP contribution in [0.1, 0.15) is 0 Å². The maximum atomic E-state index is 5.71. The zero-order valence-corrected chi connectivity index (χ0v) is 16.0. The summed E-state index contributed by atoms with van der Waals surface area (Å²) >= 11 is 0. The van der Waals surface area contributed by atoms with Gasteiger partial charge in [0.05, 0.1) is 37.9 Å². The van der Waals surface area contributed by atoms with E-state index in [4.69, 9.17) is 24.2 Å². The quantitative estimate of drug-likeness (QED) is 0.494. The molecule has 1 heterocycles. The topological polar surface area (TPSA) is 53.5 Å². The van der Waals surface area contributed by atoms with Gasteiger partial charge in [0.25, 0.3) is 0 Å². The highest BCUT2D eigenvalue weighted by Gasteiger charge is 2.22. The number of aromatic nitrogens is 2.